The molecule has 0 bridgehead atoms. The molecule has 0 amide bonds. The van der Waals surface area contributed by atoms with E-state index < -0.39 is 5.82 Å². The van der Waals surface area contributed by atoms with Gasteiger partial charge < -0.3 is 15.4 Å². The molecule has 1 aromatic rings. The summed E-state index contributed by atoms with van der Waals surface area (Å²) in [4.78, 5) is 9.33. The summed E-state index contributed by atoms with van der Waals surface area (Å²) < 4.78 is 18.7. The van der Waals surface area contributed by atoms with Gasteiger partial charge in [-0.3, -0.25) is 0 Å². The first-order chi connectivity index (χ1) is 7.27. The third-order valence-corrected chi connectivity index (χ3v) is 2.27. The first-order valence-corrected chi connectivity index (χ1v) is 4.88. The predicted molar refractivity (Wildman–Crippen MR) is 54.1 cm³/mol. The van der Waals surface area contributed by atoms with Gasteiger partial charge >= 0.3 is 0 Å². The molecular weight excluding hydrogens is 199 g/mol. The molecule has 0 radical (unpaired) electrons. The largest absolute Gasteiger partial charge is 0.380 e. The maximum absolute atomic E-state index is 13.4. The van der Waals surface area contributed by atoms with Crippen LogP contribution in [-0.2, 0) is 4.74 Å². The molecule has 0 saturated carbocycles. The average molecular weight is 212 g/mol. The van der Waals surface area contributed by atoms with E-state index >= 15 is 0 Å². The smallest absolute Gasteiger partial charge is 0.222 e. The Morgan fingerprint density at radius 3 is 3.13 bits per heavy atom. The third-order valence-electron chi connectivity index (χ3n) is 2.27. The molecule has 0 atom stereocenters. The normalized spacial score (nSPS) is 17.5. The van der Waals surface area contributed by atoms with Crippen molar-refractivity contribution in [2.75, 3.05) is 36.9 Å². The van der Waals surface area contributed by atoms with Gasteiger partial charge in [-0.25, -0.2) is 9.37 Å². The quantitative estimate of drug-likeness (QED) is 0.731. The van der Waals surface area contributed by atoms with Crippen molar-refractivity contribution in [3.8, 4) is 0 Å². The van der Waals surface area contributed by atoms with Crippen LogP contribution in [0.1, 0.15) is 6.42 Å². The summed E-state index contributed by atoms with van der Waals surface area (Å²) in [5, 5.41) is 0. The van der Waals surface area contributed by atoms with Gasteiger partial charge in [-0.15, -0.1) is 0 Å². The Kier molecular flexibility index (Phi) is 2.96. The van der Waals surface area contributed by atoms with E-state index in [9.17, 15) is 4.39 Å². The molecule has 0 spiro atoms. The second-order valence-corrected chi connectivity index (χ2v) is 3.35. The van der Waals surface area contributed by atoms with Gasteiger partial charge in [0.05, 0.1) is 12.8 Å². The van der Waals surface area contributed by atoms with E-state index in [1.165, 1.54) is 0 Å². The molecule has 1 saturated heterocycles. The van der Waals surface area contributed by atoms with Crippen molar-refractivity contribution in [3.63, 3.8) is 0 Å². The zero-order chi connectivity index (χ0) is 10.7. The molecule has 2 heterocycles. The first kappa shape index (κ1) is 10.1. The molecule has 82 valence electrons. The van der Waals surface area contributed by atoms with Crippen molar-refractivity contribution < 1.29 is 9.13 Å². The van der Waals surface area contributed by atoms with Crippen LogP contribution in [-0.4, -0.2) is 36.3 Å². The van der Waals surface area contributed by atoms with Gasteiger partial charge in [0, 0.05) is 19.7 Å². The summed E-state index contributed by atoms with van der Waals surface area (Å²) in [5.41, 5.74) is 5.43. The second kappa shape index (κ2) is 4.39. The van der Waals surface area contributed by atoms with Crippen LogP contribution in [0.3, 0.4) is 0 Å². The molecule has 2 N–H and O–H groups in total. The van der Waals surface area contributed by atoms with E-state index in [2.05, 4.69) is 9.97 Å². The molecular formula is C9H13FN4O. The lowest BCUT2D eigenvalue weighted by atomic mass is 10.4. The second-order valence-electron chi connectivity index (χ2n) is 3.35. The number of halogens is 1. The number of rotatable bonds is 1. The van der Waals surface area contributed by atoms with Crippen LogP contribution in [0.2, 0.25) is 0 Å². The Bertz CT molecular complexity index is 339. The van der Waals surface area contributed by atoms with Gasteiger partial charge in [0.1, 0.15) is 0 Å². The number of nitrogen functional groups attached to an aromatic ring is 1. The fourth-order valence-electron chi connectivity index (χ4n) is 1.55. The van der Waals surface area contributed by atoms with Crippen molar-refractivity contribution in [1.82, 2.24) is 9.97 Å². The van der Waals surface area contributed by atoms with Crippen LogP contribution < -0.4 is 10.6 Å². The van der Waals surface area contributed by atoms with Gasteiger partial charge in [0.15, 0.2) is 11.6 Å². The fraction of sp³-hybridized carbons (Fsp3) is 0.556. The number of anilines is 2. The van der Waals surface area contributed by atoms with Crippen molar-refractivity contribution in [2.45, 2.75) is 6.42 Å². The van der Waals surface area contributed by atoms with Crippen LogP contribution in [0.25, 0.3) is 0 Å². The third kappa shape index (κ3) is 2.33. The van der Waals surface area contributed by atoms with Crippen LogP contribution in [0, 0.1) is 5.82 Å². The zero-order valence-electron chi connectivity index (χ0n) is 8.32. The monoisotopic (exact) mass is 212 g/mol. The number of nitrogens with two attached hydrogens (primary N) is 1. The topological polar surface area (TPSA) is 64.3 Å². The van der Waals surface area contributed by atoms with Gasteiger partial charge in [-0.05, 0) is 6.42 Å². The molecule has 0 unspecified atom stereocenters. The lowest BCUT2D eigenvalue weighted by Gasteiger charge is -2.20. The Morgan fingerprint density at radius 1 is 1.40 bits per heavy atom. The molecule has 1 fully saturated rings. The lowest BCUT2D eigenvalue weighted by Crippen LogP contribution is -2.28. The molecule has 0 aromatic carbocycles. The van der Waals surface area contributed by atoms with E-state index in [0.717, 1.165) is 19.2 Å². The maximum Gasteiger partial charge on any atom is 0.222 e. The standard InChI is InChI=1S/C9H13FN4O/c10-7-6-12-9(11)13-8(7)14-2-1-4-15-5-3-14/h6H,1-5H2,(H2,11,12,13). The highest BCUT2D eigenvalue weighted by molar-refractivity contribution is 5.42. The lowest BCUT2D eigenvalue weighted by molar-refractivity contribution is 0.152. The van der Waals surface area contributed by atoms with E-state index in [1.807, 2.05) is 4.90 Å². The minimum absolute atomic E-state index is 0.0940. The van der Waals surface area contributed by atoms with Crippen LogP contribution in [0.15, 0.2) is 6.20 Å². The van der Waals surface area contributed by atoms with Crippen LogP contribution >= 0.6 is 0 Å². The number of ether oxygens (including phenoxy) is 1. The summed E-state index contributed by atoms with van der Waals surface area (Å²) in [7, 11) is 0. The van der Waals surface area contributed by atoms with Gasteiger partial charge in [0.2, 0.25) is 5.95 Å². The van der Waals surface area contributed by atoms with Crippen LogP contribution in [0.4, 0.5) is 16.2 Å². The van der Waals surface area contributed by atoms with E-state index in [4.69, 9.17) is 10.5 Å². The Labute approximate surface area is 87.1 Å². The highest BCUT2D eigenvalue weighted by Gasteiger charge is 2.16. The zero-order valence-corrected chi connectivity index (χ0v) is 8.32. The van der Waals surface area contributed by atoms with Gasteiger partial charge in [-0.2, -0.15) is 4.98 Å². The molecule has 6 heteroatoms. The highest BCUT2D eigenvalue weighted by Crippen LogP contribution is 2.17. The number of hydrogen-bond acceptors (Lipinski definition) is 5. The maximum atomic E-state index is 13.4. The molecule has 0 aliphatic carbocycles. The first-order valence-electron chi connectivity index (χ1n) is 4.88. The minimum Gasteiger partial charge on any atom is -0.380 e. The predicted octanol–water partition coefficient (Wildman–Crippen LogP) is 0.425. The van der Waals surface area contributed by atoms with Crippen molar-refractivity contribution in [1.29, 1.82) is 0 Å². The average Bonchev–Trinajstić information content (AvgIpc) is 2.50. The van der Waals surface area contributed by atoms with Gasteiger partial charge in [-0.1, -0.05) is 0 Å². The molecule has 1 aliphatic heterocycles. The molecule has 5 nitrogen and oxygen atoms in total. The van der Waals surface area contributed by atoms with Crippen molar-refractivity contribution in [3.05, 3.63) is 12.0 Å². The SMILES string of the molecule is Nc1ncc(F)c(N2CCCOCC2)n1. The van der Waals surface area contributed by atoms with Gasteiger partial charge in [0.25, 0.3) is 0 Å². The summed E-state index contributed by atoms with van der Waals surface area (Å²) in [5.74, 6) is -0.0735. The van der Waals surface area contributed by atoms with E-state index in [0.29, 0.717) is 19.8 Å². The van der Waals surface area contributed by atoms with Crippen molar-refractivity contribution in [2.24, 2.45) is 0 Å². The molecule has 1 aromatic heterocycles. The fourth-order valence-corrected chi connectivity index (χ4v) is 1.55. The van der Waals surface area contributed by atoms with Crippen molar-refractivity contribution >= 4 is 11.8 Å². The van der Waals surface area contributed by atoms with Crippen LogP contribution in [0.5, 0.6) is 0 Å². The number of nitrogens with zero attached hydrogens (tertiary/aromatic N) is 3. The number of hydrogen-bond donors (Lipinski definition) is 1. The Balaban J connectivity index is 2.22. The Morgan fingerprint density at radius 2 is 2.27 bits per heavy atom. The minimum atomic E-state index is -0.439. The molecule has 15 heavy (non-hydrogen) atoms. The Hall–Kier alpha value is -1.43. The molecule has 1 aliphatic rings. The summed E-state index contributed by atoms with van der Waals surface area (Å²) in [6, 6.07) is 0. The van der Waals surface area contributed by atoms with E-state index in [-0.39, 0.29) is 11.8 Å². The highest BCUT2D eigenvalue weighted by atomic mass is 19.1. The number of aromatic nitrogens is 2. The molecule has 2 rings (SSSR count). The van der Waals surface area contributed by atoms with E-state index in [1.54, 1.807) is 0 Å². The summed E-state index contributed by atoms with van der Waals surface area (Å²) >= 11 is 0. The summed E-state index contributed by atoms with van der Waals surface area (Å²) in [6.07, 6.45) is 1.97. The summed E-state index contributed by atoms with van der Waals surface area (Å²) in [6.45, 7) is 2.66.